The lowest BCUT2D eigenvalue weighted by molar-refractivity contribution is 1.13. The minimum atomic E-state index is 1.06. The molecule has 1 aromatic heterocycles. The van der Waals surface area contributed by atoms with Gasteiger partial charge in [-0.2, -0.15) is 0 Å². The van der Waals surface area contributed by atoms with Gasteiger partial charge in [0.2, 0.25) is 0 Å². The van der Waals surface area contributed by atoms with Gasteiger partial charge in [0.25, 0.3) is 0 Å². The van der Waals surface area contributed by atoms with Gasteiger partial charge in [0, 0.05) is 36.8 Å². The van der Waals surface area contributed by atoms with Crippen molar-refractivity contribution < 1.29 is 0 Å². The second-order valence-corrected chi connectivity index (χ2v) is 6.40. The molecule has 4 aromatic rings. The fourth-order valence-corrected chi connectivity index (χ4v) is 3.12. The summed E-state index contributed by atoms with van der Waals surface area (Å²) in [5.41, 5.74) is 4.64. The van der Waals surface area contributed by atoms with Crippen LogP contribution in [0.25, 0.3) is 33.8 Å². The van der Waals surface area contributed by atoms with E-state index in [0.717, 1.165) is 5.52 Å². The van der Waals surface area contributed by atoms with Crippen LogP contribution in [0.15, 0.2) is 72.9 Å². The molecule has 0 N–H and O–H groups in total. The van der Waals surface area contributed by atoms with E-state index in [-0.39, 0.29) is 0 Å². The van der Waals surface area contributed by atoms with Crippen LogP contribution in [-0.2, 0) is 0 Å². The first-order valence-corrected chi connectivity index (χ1v) is 8.44. The lowest BCUT2D eigenvalue weighted by Crippen LogP contribution is -2.07. The minimum absolute atomic E-state index is 1.06. The van der Waals surface area contributed by atoms with Gasteiger partial charge in [-0.3, -0.25) is 4.98 Å². The molecule has 0 radical (unpaired) electrons. The fraction of sp³-hybridized carbons (Fsp3) is 0.0870. The molecule has 0 fully saturated rings. The van der Waals surface area contributed by atoms with Crippen LogP contribution in [0, 0.1) is 0 Å². The lowest BCUT2D eigenvalue weighted by Gasteiger charge is -2.11. The molecule has 3 aromatic carbocycles. The molecule has 1 heterocycles. The quantitative estimate of drug-likeness (QED) is 0.454. The highest BCUT2D eigenvalue weighted by molar-refractivity contribution is 6.07. The monoisotopic (exact) mass is 324 g/mol. The molecule has 0 unspecified atom stereocenters. The standard InChI is InChI=1S/C23H20N2/c1-25(2)20-12-8-17(9-13-20)7-10-19-15-16-24-23-21-6-4-3-5-18(21)11-14-22(19)23/h3-16H,1-2H3/b10-7+. The third-order valence-corrected chi connectivity index (χ3v) is 4.53. The molecule has 0 amide bonds. The topological polar surface area (TPSA) is 16.1 Å². The Morgan fingerprint density at radius 3 is 2.36 bits per heavy atom. The zero-order valence-electron chi connectivity index (χ0n) is 14.5. The van der Waals surface area contributed by atoms with E-state index in [9.17, 15) is 0 Å². The zero-order valence-corrected chi connectivity index (χ0v) is 14.5. The SMILES string of the molecule is CN(C)c1ccc(/C=C/c2ccnc3c2ccc2ccccc23)cc1. The van der Waals surface area contributed by atoms with E-state index >= 15 is 0 Å². The summed E-state index contributed by atoms with van der Waals surface area (Å²) in [6, 6.07) is 23.4. The van der Waals surface area contributed by atoms with Crippen molar-refractivity contribution in [2.75, 3.05) is 19.0 Å². The van der Waals surface area contributed by atoms with Crippen molar-refractivity contribution in [2.45, 2.75) is 0 Å². The van der Waals surface area contributed by atoms with Crippen LogP contribution in [0.1, 0.15) is 11.1 Å². The van der Waals surface area contributed by atoms with E-state index in [1.54, 1.807) is 0 Å². The van der Waals surface area contributed by atoms with Gasteiger partial charge >= 0.3 is 0 Å². The number of hydrogen-bond donors (Lipinski definition) is 0. The van der Waals surface area contributed by atoms with Gasteiger partial charge in [0.05, 0.1) is 5.52 Å². The van der Waals surface area contributed by atoms with Gasteiger partial charge in [-0.1, -0.05) is 60.7 Å². The maximum absolute atomic E-state index is 4.62. The van der Waals surface area contributed by atoms with Crippen LogP contribution in [0.2, 0.25) is 0 Å². The van der Waals surface area contributed by atoms with Crippen molar-refractivity contribution in [1.82, 2.24) is 4.98 Å². The molecule has 122 valence electrons. The second-order valence-electron chi connectivity index (χ2n) is 6.40. The first-order valence-electron chi connectivity index (χ1n) is 8.44. The highest BCUT2D eigenvalue weighted by Gasteiger charge is 2.04. The van der Waals surface area contributed by atoms with Gasteiger partial charge in [-0.25, -0.2) is 0 Å². The minimum Gasteiger partial charge on any atom is -0.378 e. The molecule has 0 atom stereocenters. The maximum atomic E-state index is 4.62. The van der Waals surface area contributed by atoms with Gasteiger partial charge < -0.3 is 4.90 Å². The first-order chi connectivity index (χ1) is 12.2. The Morgan fingerprint density at radius 2 is 1.56 bits per heavy atom. The number of nitrogens with zero attached hydrogens (tertiary/aromatic N) is 2. The Hall–Kier alpha value is -3.13. The average molecular weight is 324 g/mol. The maximum Gasteiger partial charge on any atom is 0.0786 e. The molecule has 0 saturated carbocycles. The molecule has 0 aliphatic heterocycles. The number of anilines is 1. The normalized spacial score (nSPS) is 11.4. The zero-order chi connectivity index (χ0) is 17.2. The summed E-state index contributed by atoms with van der Waals surface area (Å²) in [4.78, 5) is 6.72. The highest BCUT2D eigenvalue weighted by atomic mass is 15.1. The van der Waals surface area contributed by atoms with E-state index in [2.05, 4.69) is 103 Å². The Morgan fingerprint density at radius 1 is 0.760 bits per heavy atom. The van der Waals surface area contributed by atoms with E-state index in [4.69, 9.17) is 0 Å². The Labute approximate surface area is 148 Å². The molecule has 4 rings (SSSR count). The Balaban J connectivity index is 1.75. The van der Waals surface area contributed by atoms with Gasteiger partial charge in [0.1, 0.15) is 0 Å². The molecular weight excluding hydrogens is 304 g/mol. The van der Waals surface area contributed by atoms with Gasteiger partial charge in [-0.15, -0.1) is 0 Å². The van der Waals surface area contributed by atoms with Crippen LogP contribution in [0.3, 0.4) is 0 Å². The van der Waals surface area contributed by atoms with Crippen LogP contribution >= 0.6 is 0 Å². The van der Waals surface area contributed by atoms with Crippen molar-refractivity contribution in [1.29, 1.82) is 0 Å². The number of aromatic nitrogens is 1. The summed E-state index contributed by atoms with van der Waals surface area (Å²) in [6.07, 6.45) is 6.22. The van der Waals surface area contributed by atoms with E-state index in [0.29, 0.717) is 0 Å². The molecule has 25 heavy (non-hydrogen) atoms. The van der Waals surface area contributed by atoms with Crippen molar-refractivity contribution in [3.63, 3.8) is 0 Å². The second kappa shape index (κ2) is 6.40. The smallest absolute Gasteiger partial charge is 0.0786 e. The summed E-state index contributed by atoms with van der Waals surface area (Å²) in [5, 5.41) is 3.61. The number of fused-ring (bicyclic) bond motifs is 3. The molecule has 0 spiro atoms. The van der Waals surface area contributed by atoms with Gasteiger partial charge in [-0.05, 0) is 34.7 Å². The van der Waals surface area contributed by atoms with Crippen molar-refractivity contribution in [2.24, 2.45) is 0 Å². The van der Waals surface area contributed by atoms with Crippen LogP contribution in [0.4, 0.5) is 5.69 Å². The Bertz CT molecular complexity index is 1060. The Kier molecular flexibility index (Phi) is 3.95. The van der Waals surface area contributed by atoms with Crippen LogP contribution in [0.5, 0.6) is 0 Å². The molecular formula is C23H20N2. The lowest BCUT2D eigenvalue weighted by atomic mass is 10.0. The molecule has 2 nitrogen and oxygen atoms in total. The highest BCUT2D eigenvalue weighted by Crippen LogP contribution is 2.27. The number of hydrogen-bond acceptors (Lipinski definition) is 2. The summed E-state index contributed by atoms with van der Waals surface area (Å²) >= 11 is 0. The summed E-state index contributed by atoms with van der Waals surface area (Å²) < 4.78 is 0. The molecule has 0 aliphatic rings. The summed E-state index contributed by atoms with van der Waals surface area (Å²) in [5.74, 6) is 0. The largest absolute Gasteiger partial charge is 0.378 e. The van der Waals surface area contributed by atoms with E-state index in [1.165, 1.54) is 33.0 Å². The van der Waals surface area contributed by atoms with Crippen LogP contribution < -0.4 is 4.90 Å². The van der Waals surface area contributed by atoms with Crippen LogP contribution in [-0.4, -0.2) is 19.1 Å². The number of pyridine rings is 1. The predicted molar refractivity (Wildman–Crippen MR) is 109 cm³/mol. The molecule has 0 saturated heterocycles. The van der Waals surface area contributed by atoms with Crippen molar-refractivity contribution in [3.05, 3.63) is 84.1 Å². The number of benzene rings is 3. The summed E-state index contributed by atoms with van der Waals surface area (Å²) in [7, 11) is 4.11. The number of rotatable bonds is 3. The molecule has 0 aliphatic carbocycles. The van der Waals surface area contributed by atoms with E-state index in [1.807, 2.05) is 6.20 Å². The third-order valence-electron chi connectivity index (χ3n) is 4.53. The van der Waals surface area contributed by atoms with Crippen molar-refractivity contribution >= 4 is 39.5 Å². The molecule has 2 heteroatoms. The first kappa shape index (κ1) is 15.4. The van der Waals surface area contributed by atoms with E-state index < -0.39 is 0 Å². The summed E-state index contributed by atoms with van der Waals surface area (Å²) in [6.45, 7) is 0. The third kappa shape index (κ3) is 2.99. The molecule has 0 bridgehead atoms. The van der Waals surface area contributed by atoms with Gasteiger partial charge in [0.15, 0.2) is 0 Å². The predicted octanol–water partition coefficient (Wildman–Crippen LogP) is 5.62. The average Bonchev–Trinajstić information content (AvgIpc) is 2.66. The van der Waals surface area contributed by atoms with Crippen molar-refractivity contribution in [3.8, 4) is 0 Å². The fourth-order valence-electron chi connectivity index (χ4n) is 3.12.